The van der Waals surface area contributed by atoms with E-state index in [2.05, 4.69) is 83.8 Å². The summed E-state index contributed by atoms with van der Waals surface area (Å²) in [5.74, 6) is 2.02. The Kier molecular flexibility index (Phi) is 10.8. The van der Waals surface area contributed by atoms with Crippen LogP contribution in [-0.2, 0) is 0 Å². The average Bonchev–Trinajstić information content (AvgIpc) is 2.74. The third-order valence-corrected chi connectivity index (χ3v) is 6.08. The molecule has 2 aromatic rings. The van der Waals surface area contributed by atoms with Gasteiger partial charge in [-0.3, -0.25) is 4.99 Å². The van der Waals surface area contributed by atoms with Crippen LogP contribution in [-0.4, -0.2) is 48.4 Å². The molecule has 0 amide bonds. The lowest BCUT2D eigenvalue weighted by Crippen LogP contribution is -2.49. The van der Waals surface area contributed by atoms with Gasteiger partial charge in [-0.2, -0.15) is 0 Å². The predicted octanol–water partition coefficient (Wildman–Crippen LogP) is 4.71. The number of hydrogen-bond donors (Lipinski definition) is 2. The molecular formula is C23H34IN5S. The largest absolute Gasteiger partial charge is 0.357 e. The predicted molar refractivity (Wildman–Crippen MR) is 140 cm³/mol. The van der Waals surface area contributed by atoms with Gasteiger partial charge in [-0.05, 0) is 50.5 Å². The molecule has 3 rings (SSSR count). The van der Waals surface area contributed by atoms with Crippen molar-refractivity contribution in [2.75, 3.05) is 31.1 Å². The minimum atomic E-state index is 0. The van der Waals surface area contributed by atoms with Crippen molar-refractivity contribution in [2.45, 2.75) is 49.8 Å². The van der Waals surface area contributed by atoms with Crippen molar-refractivity contribution in [1.29, 1.82) is 0 Å². The first-order valence-electron chi connectivity index (χ1n) is 10.6. The van der Waals surface area contributed by atoms with E-state index in [0.29, 0.717) is 11.3 Å². The molecule has 1 aliphatic rings. The van der Waals surface area contributed by atoms with Crippen LogP contribution in [0.1, 0.15) is 32.3 Å². The topological polar surface area (TPSA) is 52.6 Å². The number of nitrogens with zero attached hydrogens (tertiary/aromatic N) is 3. The SMILES string of the molecule is CCNC(=NCC(C)Sc1ccccc1)NC1CCN(c2ccc(C)cn2)CC1.I. The Morgan fingerprint density at radius 1 is 1.20 bits per heavy atom. The van der Waals surface area contributed by atoms with Crippen LogP contribution in [0, 0.1) is 6.92 Å². The number of nitrogens with one attached hydrogen (secondary N) is 2. The summed E-state index contributed by atoms with van der Waals surface area (Å²) in [6, 6.07) is 15.3. The van der Waals surface area contributed by atoms with Crippen LogP contribution in [0.2, 0.25) is 0 Å². The van der Waals surface area contributed by atoms with Gasteiger partial charge >= 0.3 is 0 Å². The molecule has 0 spiro atoms. The molecule has 7 heteroatoms. The van der Waals surface area contributed by atoms with Gasteiger partial charge in [0.25, 0.3) is 0 Å². The van der Waals surface area contributed by atoms with Crippen molar-refractivity contribution in [3.63, 3.8) is 0 Å². The number of rotatable bonds is 7. The fourth-order valence-electron chi connectivity index (χ4n) is 3.40. The summed E-state index contributed by atoms with van der Waals surface area (Å²) < 4.78 is 0. The first-order chi connectivity index (χ1) is 14.1. The second-order valence-corrected chi connectivity index (χ2v) is 9.07. The second kappa shape index (κ2) is 13.0. The smallest absolute Gasteiger partial charge is 0.191 e. The van der Waals surface area contributed by atoms with Gasteiger partial charge in [-0.1, -0.05) is 31.2 Å². The summed E-state index contributed by atoms with van der Waals surface area (Å²) in [6.07, 6.45) is 4.13. The number of aliphatic imine (C=N–C) groups is 1. The third kappa shape index (κ3) is 7.98. The van der Waals surface area contributed by atoms with Gasteiger partial charge in [0, 0.05) is 42.0 Å². The van der Waals surface area contributed by atoms with Crippen molar-refractivity contribution in [3.8, 4) is 0 Å². The maximum Gasteiger partial charge on any atom is 0.191 e. The molecule has 164 valence electrons. The first kappa shape index (κ1) is 24.8. The van der Waals surface area contributed by atoms with E-state index >= 15 is 0 Å². The van der Waals surface area contributed by atoms with Crippen LogP contribution in [0.4, 0.5) is 5.82 Å². The number of anilines is 1. The van der Waals surface area contributed by atoms with Gasteiger partial charge in [0.2, 0.25) is 0 Å². The Morgan fingerprint density at radius 3 is 2.57 bits per heavy atom. The molecular weight excluding hydrogens is 505 g/mol. The Bertz CT molecular complexity index is 761. The van der Waals surface area contributed by atoms with Crippen LogP contribution in [0.15, 0.2) is 58.5 Å². The number of piperidine rings is 1. The van der Waals surface area contributed by atoms with E-state index in [1.54, 1.807) is 0 Å². The monoisotopic (exact) mass is 539 g/mol. The molecule has 0 saturated carbocycles. The molecule has 0 bridgehead atoms. The van der Waals surface area contributed by atoms with Gasteiger partial charge < -0.3 is 15.5 Å². The molecule has 2 heterocycles. The molecule has 0 aliphatic carbocycles. The van der Waals surface area contributed by atoms with E-state index < -0.39 is 0 Å². The van der Waals surface area contributed by atoms with Gasteiger partial charge in [0.1, 0.15) is 5.82 Å². The highest BCUT2D eigenvalue weighted by molar-refractivity contribution is 14.0. The fourth-order valence-corrected chi connectivity index (χ4v) is 4.33. The number of thioether (sulfide) groups is 1. The second-order valence-electron chi connectivity index (χ2n) is 7.56. The Hall–Kier alpha value is -1.48. The van der Waals surface area contributed by atoms with Crippen LogP contribution in [0.3, 0.4) is 0 Å². The molecule has 1 atom stereocenters. The summed E-state index contributed by atoms with van der Waals surface area (Å²) in [5.41, 5.74) is 1.21. The zero-order chi connectivity index (χ0) is 20.5. The van der Waals surface area contributed by atoms with Crippen molar-refractivity contribution >= 4 is 47.5 Å². The normalized spacial score (nSPS) is 16.0. The summed E-state index contributed by atoms with van der Waals surface area (Å²) in [6.45, 7) is 10.1. The number of guanidine groups is 1. The molecule has 5 nitrogen and oxygen atoms in total. The maximum atomic E-state index is 4.84. The van der Waals surface area contributed by atoms with E-state index in [4.69, 9.17) is 4.99 Å². The van der Waals surface area contributed by atoms with Crippen molar-refractivity contribution < 1.29 is 0 Å². The highest BCUT2D eigenvalue weighted by atomic mass is 127. The molecule has 30 heavy (non-hydrogen) atoms. The molecule has 1 aromatic heterocycles. The Morgan fingerprint density at radius 2 is 1.93 bits per heavy atom. The molecule has 0 radical (unpaired) electrons. The summed E-state index contributed by atoms with van der Waals surface area (Å²) in [7, 11) is 0. The lowest BCUT2D eigenvalue weighted by atomic mass is 10.1. The van der Waals surface area contributed by atoms with Gasteiger partial charge in [0.05, 0.1) is 6.54 Å². The van der Waals surface area contributed by atoms with E-state index in [1.165, 1.54) is 10.5 Å². The zero-order valence-electron chi connectivity index (χ0n) is 18.2. The van der Waals surface area contributed by atoms with Gasteiger partial charge in [-0.25, -0.2) is 4.98 Å². The minimum absolute atomic E-state index is 0. The van der Waals surface area contributed by atoms with Gasteiger partial charge in [0.15, 0.2) is 5.96 Å². The van der Waals surface area contributed by atoms with Crippen LogP contribution < -0.4 is 15.5 Å². The van der Waals surface area contributed by atoms with Crippen molar-refractivity contribution in [2.24, 2.45) is 4.99 Å². The highest BCUT2D eigenvalue weighted by Crippen LogP contribution is 2.22. The third-order valence-electron chi connectivity index (χ3n) is 4.99. The van der Waals surface area contributed by atoms with Crippen LogP contribution >= 0.6 is 35.7 Å². The summed E-state index contributed by atoms with van der Waals surface area (Å²) in [4.78, 5) is 13.1. The number of aromatic nitrogens is 1. The van der Waals surface area contributed by atoms with E-state index in [-0.39, 0.29) is 24.0 Å². The fraction of sp³-hybridized carbons (Fsp3) is 0.478. The average molecular weight is 540 g/mol. The molecule has 1 aromatic carbocycles. The molecule has 1 aliphatic heterocycles. The Balaban J connectivity index is 0.00000320. The highest BCUT2D eigenvalue weighted by Gasteiger charge is 2.21. The Labute approximate surface area is 202 Å². The number of pyridine rings is 1. The van der Waals surface area contributed by atoms with Crippen LogP contribution in [0.25, 0.3) is 0 Å². The lowest BCUT2D eigenvalue weighted by Gasteiger charge is -2.34. The number of hydrogen-bond acceptors (Lipinski definition) is 4. The number of aryl methyl sites for hydroxylation is 1. The molecule has 2 N–H and O–H groups in total. The lowest BCUT2D eigenvalue weighted by molar-refractivity contribution is 0.459. The first-order valence-corrected chi connectivity index (χ1v) is 11.5. The number of halogens is 1. The maximum absolute atomic E-state index is 4.84. The van der Waals surface area contributed by atoms with E-state index in [0.717, 1.165) is 50.8 Å². The minimum Gasteiger partial charge on any atom is -0.357 e. The van der Waals surface area contributed by atoms with Crippen molar-refractivity contribution in [1.82, 2.24) is 15.6 Å². The molecule has 1 saturated heterocycles. The summed E-state index contributed by atoms with van der Waals surface area (Å²) in [5, 5.41) is 7.47. The number of benzene rings is 1. The zero-order valence-corrected chi connectivity index (χ0v) is 21.3. The standard InChI is InChI=1S/C23H33N5S.HI/c1-4-24-23(26-17-19(3)29-21-8-6-5-7-9-21)27-20-12-14-28(15-13-20)22-11-10-18(2)16-25-22;/h5-11,16,19-20H,4,12-15,17H2,1-3H3,(H2,24,26,27);1H. The summed E-state index contributed by atoms with van der Waals surface area (Å²) >= 11 is 1.87. The molecule has 1 unspecified atom stereocenters. The van der Waals surface area contributed by atoms with E-state index in [9.17, 15) is 0 Å². The molecule has 1 fully saturated rings. The van der Waals surface area contributed by atoms with Crippen molar-refractivity contribution in [3.05, 3.63) is 54.2 Å². The quantitative estimate of drug-likeness (QED) is 0.231. The van der Waals surface area contributed by atoms with Gasteiger partial charge in [-0.15, -0.1) is 35.7 Å². The van der Waals surface area contributed by atoms with Crippen LogP contribution in [0.5, 0.6) is 0 Å². The van der Waals surface area contributed by atoms with E-state index in [1.807, 2.05) is 18.0 Å².